The zero-order chi connectivity index (χ0) is 7.49. The Labute approximate surface area is 54.2 Å². The Morgan fingerprint density at radius 1 is 1.67 bits per heavy atom. The van der Waals surface area contributed by atoms with Gasteiger partial charge >= 0.3 is 0 Å². The number of alkyl halides is 1. The first-order valence-electron chi connectivity index (χ1n) is 2.89. The van der Waals surface area contributed by atoms with Gasteiger partial charge in [-0.25, -0.2) is 4.39 Å². The predicted molar refractivity (Wildman–Crippen MR) is 33.6 cm³/mol. The monoisotopic (exact) mass is 133 g/mol. The molecule has 0 aliphatic rings. The molecule has 0 bridgehead atoms. The van der Waals surface area contributed by atoms with Crippen molar-refractivity contribution in [3.63, 3.8) is 0 Å². The van der Waals surface area contributed by atoms with E-state index in [9.17, 15) is 9.18 Å². The number of nitrogens with two attached hydrogens (primary N) is 1. The minimum atomic E-state index is -1.27. The van der Waals surface area contributed by atoms with E-state index in [0.717, 1.165) is 0 Å². The molecule has 0 saturated heterocycles. The fourth-order valence-corrected chi connectivity index (χ4v) is 0.420. The van der Waals surface area contributed by atoms with Crippen molar-refractivity contribution in [3.8, 4) is 0 Å². The molecule has 0 aromatic carbocycles. The number of rotatable bonds is 3. The summed E-state index contributed by atoms with van der Waals surface area (Å²) in [7, 11) is 0. The molecule has 0 heterocycles. The van der Waals surface area contributed by atoms with E-state index in [1.165, 1.54) is 13.8 Å². The lowest BCUT2D eigenvalue weighted by atomic mass is 10.1. The first-order valence-corrected chi connectivity index (χ1v) is 2.89. The van der Waals surface area contributed by atoms with E-state index >= 15 is 0 Å². The van der Waals surface area contributed by atoms with Crippen LogP contribution in [-0.2, 0) is 4.79 Å². The van der Waals surface area contributed by atoms with Crippen LogP contribution in [0.1, 0.15) is 26.7 Å². The Morgan fingerprint density at radius 3 is 2.22 bits per heavy atom. The standard InChI is InChI=1S/C6H12FNO/c1-6(2,7)4-3-5(8)9/h3-4H2,1-2H3,(H2,8,9). The second-order valence-corrected chi connectivity index (χ2v) is 2.69. The second-order valence-electron chi connectivity index (χ2n) is 2.69. The molecule has 0 fully saturated rings. The average molecular weight is 133 g/mol. The zero-order valence-electron chi connectivity index (χ0n) is 5.78. The molecule has 3 heteroatoms. The van der Waals surface area contributed by atoms with Gasteiger partial charge in [-0.2, -0.15) is 0 Å². The minimum Gasteiger partial charge on any atom is -0.370 e. The summed E-state index contributed by atoms with van der Waals surface area (Å²) < 4.78 is 12.5. The van der Waals surface area contributed by atoms with E-state index in [4.69, 9.17) is 5.73 Å². The van der Waals surface area contributed by atoms with Crippen LogP contribution in [0.4, 0.5) is 4.39 Å². The van der Waals surface area contributed by atoms with Crippen LogP contribution in [0, 0.1) is 0 Å². The molecule has 9 heavy (non-hydrogen) atoms. The van der Waals surface area contributed by atoms with E-state index in [2.05, 4.69) is 0 Å². The number of primary amides is 1. The van der Waals surface area contributed by atoms with Gasteiger partial charge in [-0.05, 0) is 20.3 Å². The van der Waals surface area contributed by atoms with E-state index in [-0.39, 0.29) is 12.8 Å². The molecule has 0 aliphatic heterocycles. The highest BCUT2D eigenvalue weighted by Crippen LogP contribution is 2.14. The van der Waals surface area contributed by atoms with Crippen LogP contribution < -0.4 is 5.73 Å². The van der Waals surface area contributed by atoms with Crippen molar-refractivity contribution in [2.45, 2.75) is 32.4 Å². The highest BCUT2D eigenvalue weighted by atomic mass is 19.1. The molecule has 0 saturated carbocycles. The fourth-order valence-electron chi connectivity index (χ4n) is 0.420. The quantitative estimate of drug-likeness (QED) is 0.613. The topological polar surface area (TPSA) is 43.1 Å². The molecule has 0 rings (SSSR count). The molecule has 0 spiro atoms. The second kappa shape index (κ2) is 2.80. The molecule has 0 unspecified atom stereocenters. The van der Waals surface area contributed by atoms with Crippen molar-refractivity contribution in [3.05, 3.63) is 0 Å². The SMILES string of the molecule is CC(C)(F)CCC(N)=O. The van der Waals surface area contributed by atoms with Crippen molar-refractivity contribution in [2.75, 3.05) is 0 Å². The number of amides is 1. The van der Waals surface area contributed by atoms with Gasteiger partial charge in [0, 0.05) is 6.42 Å². The van der Waals surface area contributed by atoms with Gasteiger partial charge in [-0.15, -0.1) is 0 Å². The lowest BCUT2D eigenvalue weighted by Crippen LogP contribution is -2.18. The van der Waals surface area contributed by atoms with Crippen molar-refractivity contribution < 1.29 is 9.18 Å². The number of carbonyl (C=O) groups is 1. The summed E-state index contributed by atoms with van der Waals surface area (Å²) in [6.45, 7) is 2.85. The Balaban J connectivity index is 3.39. The number of hydrogen-bond acceptors (Lipinski definition) is 1. The summed E-state index contributed by atoms with van der Waals surface area (Å²) in [6, 6.07) is 0. The average Bonchev–Trinajstić information content (AvgIpc) is 1.59. The van der Waals surface area contributed by atoms with Crippen LogP contribution in [0.15, 0.2) is 0 Å². The molecular weight excluding hydrogens is 121 g/mol. The first kappa shape index (κ1) is 8.40. The van der Waals surface area contributed by atoms with Gasteiger partial charge in [0.2, 0.25) is 5.91 Å². The highest BCUT2D eigenvalue weighted by Gasteiger charge is 2.15. The Morgan fingerprint density at radius 2 is 2.11 bits per heavy atom. The molecule has 2 N–H and O–H groups in total. The summed E-state index contributed by atoms with van der Waals surface area (Å²) in [5.74, 6) is -0.444. The van der Waals surface area contributed by atoms with E-state index < -0.39 is 11.6 Å². The van der Waals surface area contributed by atoms with Crippen LogP contribution in [0.3, 0.4) is 0 Å². The van der Waals surface area contributed by atoms with Gasteiger partial charge in [0.15, 0.2) is 0 Å². The summed E-state index contributed by atoms with van der Waals surface area (Å²) in [6.07, 6.45) is 0.339. The van der Waals surface area contributed by atoms with E-state index in [0.29, 0.717) is 0 Å². The molecule has 0 radical (unpaired) electrons. The molecule has 1 amide bonds. The number of hydrogen-bond donors (Lipinski definition) is 1. The predicted octanol–water partition coefficient (Wildman–Crippen LogP) is 1.00. The molecular formula is C6H12FNO. The molecule has 2 nitrogen and oxygen atoms in total. The van der Waals surface area contributed by atoms with Gasteiger partial charge in [-0.1, -0.05) is 0 Å². The van der Waals surface area contributed by atoms with E-state index in [1.807, 2.05) is 0 Å². The Kier molecular flexibility index (Phi) is 2.62. The third-order valence-corrected chi connectivity index (χ3v) is 0.966. The molecule has 0 atom stereocenters. The molecule has 54 valence electrons. The summed E-state index contributed by atoms with van der Waals surface area (Å²) in [5.41, 5.74) is 3.53. The van der Waals surface area contributed by atoms with Crippen molar-refractivity contribution in [1.82, 2.24) is 0 Å². The third kappa shape index (κ3) is 7.40. The summed E-state index contributed by atoms with van der Waals surface area (Å²) in [4.78, 5) is 10.1. The lowest BCUT2D eigenvalue weighted by molar-refractivity contribution is -0.118. The maximum Gasteiger partial charge on any atom is 0.217 e. The van der Waals surface area contributed by atoms with Gasteiger partial charge in [-0.3, -0.25) is 4.79 Å². The molecule has 0 aromatic rings. The minimum absolute atomic E-state index is 0.128. The van der Waals surface area contributed by atoms with Crippen molar-refractivity contribution in [1.29, 1.82) is 0 Å². The third-order valence-electron chi connectivity index (χ3n) is 0.966. The Bertz CT molecular complexity index is 106. The van der Waals surface area contributed by atoms with Crippen LogP contribution >= 0.6 is 0 Å². The van der Waals surface area contributed by atoms with Gasteiger partial charge in [0.25, 0.3) is 0 Å². The van der Waals surface area contributed by atoms with E-state index in [1.54, 1.807) is 0 Å². The number of carbonyl (C=O) groups excluding carboxylic acids is 1. The zero-order valence-corrected chi connectivity index (χ0v) is 5.78. The van der Waals surface area contributed by atoms with Gasteiger partial charge < -0.3 is 5.73 Å². The van der Waals surface area contributed by atoms with Crippen LogP contribution in [-0.4, -0.2) is 11.6 Å². The lowest BCUT2D eigenvalue weighted by Gasteiger charge is -2.10. The smallest absolute Gasteiger partial charge is 0.217 e. The van der Waals surface area contributed by atoms with Crippen LogP contribution in [0.2, 0.25) is 0 Å². The maximum atomic E-state index is 12.5. The maximum absolute atomic E-state index is 12.5. The van der Waals surface area contributed by atoms with Crippen LogP contribution in [0.5, 0.6) is 0 Å². The van der Waals surface area contributed by atoms with Crippen LogP contribution in [0.25, 0.3) is 0 Å². The summed E-state index contributed by atoms with van der Waals surface area (Å²) in [5, 5.41) is 0. The summed E-state index contributed by atoms with van der Waals surface area (Å²) >= 11 is 0. The number of halogens is 1. The highest BCUT2D eigenvalue weighted by molar-refractivity contribution is 5.73. The normalized spacial score (nSPS) is 11.4. The van der Waals surface area contributed by atoms with Crippen molar-refractivity contribution in [2.24, 2.45) is 5.73 Å². The fraction of sp³-hybridized carbons (Fsp3) is 0.833. The first-order chi connectivity index (χ1) is 3.92. The van der Waals surface area contributed by atoms with Gasteiger partial charge in [0.05, 0.1) is 0 Å². The molecule has 0 aliphatic carbocycles. The van der Waals surface area contributed by atoms with Crippen molar-refractivity contribution >= 4 is 5.91 Å². The Hall–Kier alpha value is -0.600. The van der Waals surface area contributed by atoms with Gasteiger partial charge in [0.1, 0.15) is 5.67 Å². The largest absolute Gasteiger partial charge is 0.370 e. The molecule has 0 aromatic heterocycles.